The van der Waals surface area contributed by atoms with E-state index in [1.807, 2.05) is 57.2 Å². The maximum Gasteiger partial charge on any atom is 0.340 e. The molecule has 0 radical (unpaired) electrons. The van der Waals surface area contributed by atoms with Crippen LogP contribution in [0.1, 0.15) is 66.6 Å². The predicted octanol–water partition coefficient (Wildman–Crippen LogP) is 6.83. The highest BCUT2D eigenvalue weighted by atomic mass is 32.2. The Balaban J connectivity index is 2.09. The van der Waals surface area contributed by atoms with Crippen molar-refractivity contribution in [3.8, 4) is 5.75 Å². The molecule has 0 amide bonds. The maximum absolute atomic E-state index is 14.1. The molecule has 0 saturated carbocycles. The second-order valence-corrected chi connectivity index (χ2v) is 11.0. The molecule has 3 aromatic rings. The van der Waals surface area contributed by atoms with Gasteiger partial charge >= 0.3 is 5.97 Å². The third kappa shape index (κ3) is 7.35. The average molecular weight is 524 g/mol. The number of esters is 1. The van der Waals surface area contributed by atoms with Crippen LogP contribution in [0.4, 0.5) is 5.69 Å². The van der Waals surface area contributed by atoms with Gasteiger partial charge in [-0.3, -0.25) is 4.31 Å². The summed E-state index contributed by atoms with van der Waals surface area (Å²) in [6.45, 7) is 8.74. The minimum atomic E-state index is -4.04. The van der Waals surface area contributed by atoms with E-state index in [1.165, 1.54) is 4.31 Å². The van der Waals surface area contributed by atoms with Gasteiger partial charge in [0, 0.05) is 0 Å². The largest absolute Gasteiger partial charge is 0.494 e. The Morgan fingerprint density at radius 2 is 1.51 bits per heavy atom. The number of ether oxygens (including phenoxy) is 2. The van der Waals surface area contributed by atoms with Crippen molar-refractivity contribution in [2.75, 3.05) is 17.5 Å². The topological polar surface area (TPSA) is 72.9 Å². The Bertz CT molecular complexity index is 1270. The summed E-state index contributed by atoms with van der Waals surface area (Å²) in [6, 6.07) is 19.4. The fourth-order valence-electron chi connectivity index (χ4n) is 4.04. The lowest BCUT2D eigenvalue weighted by Crippen LogP contribution is -2.33. The third-order valence-electron chi connectivity index (χ3n) is 5.99. The number of hydrogen-bond acceptors (Lipinski definition) is 5. The van der Waals surface area contributed by atoms with Gasteiger partial charge in [-0.2, -0.15) is 0 Å². The Labute approximate surface area is 221 Å². The molecule has 0 unspecified atom stereocenters. The average Bonchev–Trinajstić information content (AvgIpc) is 2.88. The lowest BCUT2D eigenvalue weighted by atomic mass is 10.0. The van der Waals surface area contributed by atoms with Gasteiger partial charge in [0.1, 0.15) is 5.75 Å². The summed E-state index contributed by atoms with van der Waals surface area (Å²) in [6.07, 6.45) is 3.57. The first kappa shape index (κ1) is 28.3. The SMILES string of the molecule is CCCCOC(=O)c1cc(C)cc(C)c1N(Cc1ccccc1)S(=O)(=O)c1ccc(OCCCC)cc1. The molecular weight excluding hydrogens is 486 g/mol. The van der Waals surface area contributed by atoms with Gasteiger partial charge in [0.15, 0.2) is 0 Å². The van der Waals surface area contributed by atoms with E-state index in [1.54, 1.807) is 30.3 Å². The van der Waals surface area contributed by atoms with E-state index in [0.717, 1.165) is 36.8 Å². The van der Waals surface area contributed by atoms with Gasteiger partial charge in [0.05, 0.1) is 35.9 Å². The van der Waals surface area contributed by atoms with Crippen LogP contribution in [0.3, 0.4) is 0 Å². The third-order valence-corrected chi connectivity index (χ3v) is 7.75. The Morgan fingerprint density at radius 1 is 0.865 bits per heavy atom. The van der Waals surface area contributed by atoms with Crippen LogP contribution in [0.15, 0.2) is 71.6 Å². The van der Waals surface area contributed by atoms with Crippen molar-refractivity contribution in [2.45, 2.75) is 64.8 Å². The van der Waals surface area contributed by atoms with Gasteiger partial charge in [-0.05, 0) is 73.7 Å². The highest BCUT2D eigenvalue weighted by Crippen LogP contribution is 2.34. The quantitative estimate of drug-likeness (QED) is 0.181. The monoisotopic (exact) mass is 523 g/mol. The van der Waals surface area contributed by atoms with Crippen molar-refractivity contribution in [1.29, 1.82) is 0 Å². The number of sulfonamides is 1. The highest BCUT2D eigenvalue weighted by Gasteiger charge is 2.31. The normalized spacial score (nSPS) is 11.2. The second-order valence-electron chi connectivity index (χ2n) is 9.14. The van der Waals surface area contributed by atoms with E-state index < -0.39 is 16.0 Å². The molecule has 37 heavy (non-hydrogen) atoms. The van der Waals surface area contributed by atoms with Crippen LogP contribution < -0.4 is 9.04 Å². The fraction of sp³-hybridized carbons (Fsp3) is 0.367. The van der Waals surface area contributed by atoms with E-state index in [4.69, 9.17) is 9.47 Å². The fourth-order valence-corrected chi connectivity index (χ4v) is 5.57. The molecule has 0 fully saturated rings. The molecule has 7 heteroatoms. The smallest absolute Gasteiger partial charge is 0.340 e. The molecule has 0 N–H and O–H groups in total. The van der Waals surface area contributed by atoms with E-state index >= 15 is 0 Å². The zero-order valence-electron chi connectivity index (χ0n) is 22.2. The summed E-state index contributed by atoms with van der Waals surface area (Å²) < 4.78 is 40.8. The molecule has 0 atom stereocenters. The molecule has 0 aliphatic carbocycles. The molecule has 0 aliphatic rings. The maximum atomic E-state index is 14.1. The van der Waals surface area contributed by atoms with Gasteiger partial charge in [0.25, 0.3) is 10.0 Å². The van der Waals surface area contributed by atoms with Gasteiger partial charge < -0.3 is 9.47 Å². The van der Waals surface area contributed by atoms with Crippen molar-refractivity contribution in [1.82, 2.24) is 0 Å². The van der Waals surface area contributed by atoms with Crippen molar-refractivity contribution >= 4 is 21.7 Å². The molecule has 0 heterocycles. The number of rotatable bonds is 13. The second kappa shape index (κ2) is 13.3. The van der Waals surface area contributed by atoms with Crippen LogP contribution in [0.5, 0.6) is 5.75 Å². The summed E-state index contributed by atoms with van der Waals surface area (Å²) in [4.78, 5) is 13.3. The zero-order valence-corrected chi connectivity index (χ0v) is 23.0. The van der Waals surface area contributed by atoms with Crippen LogP contribution >= 0.6 is 0 Å². The number of aryl methyl sites for hydroxylation is 2. The van der Waals surface area contributed by atoms with E-state index in [0.29, 0.717) is 23.6 Å². The van der Waals surface area contributed by atoms with E-state index in [9.17, 15) is 13.2 Å². The molecule has 198 valence electrons. The zero-order chi connectivity index (χ0) is 26.8. The van der Waals surface area contributed by atoms with Gasteiger partial charge in [-0.25, -0.2) is 13.2 Å². The standard InChI is InChI=1S/C30H37NO5S/c1-5-7-18-35-26-14-16-27(17-15-26)37(33,34)31(22-25-12-10-9-11-13-25)29-24(4)20-23(3)21-28(29)30(32)36-19-8-6-2/h9-17,20-21H,5-8,18-19,22H2,1-4H3. The first-order chi connectivity index (χ1) is 17.8. The van der Waals surface area contributed by atoms with Gasteiger partial charge in [0.2, 0.25) is 0 Å². The lowest BCUT2D eigenvalue weighted by Gasteiger charge is -2.28. The Morgan fingerprint density at radius 3 is 2.16 bits per heavy atom. The van der Waals surface area contributed by atoms with Crippen LogP contribution in [0, 0.1) is 13.8 Å². The molecule has 0 saturated heterocycles. The van der Waals surface area contributed by atoms with E-state index in [2.05, 4.69) is 6.92 Å². The van der Waals surface area contributed by atoms with Crippen molar-refractivity contribution in [2.24, 2.45) is 0 Å². The number of carbonyl (C=O) groups is 1. The molecule has 3 aromatic carbocycles. The summed E-state index contributed by atoms with van der Waals surface area (Å²) in [5.74, 6) is 0.0944. The molecule has 0 spiro atoms. The number of hydrogen-bond donors (Lipinski definition) is 0. The van der Waals surface area contributed by atoms with Crippen LogP contribution in [0.25, 0.3) is 0 Å². The predicted molar refractivity (Wildman–Crippen MR) is 148 cm³/mol. The minimum Gasteiger partial charge on any atom is -0.494 e. The minimum absolute atomic E-state index is 0.0665. The van der Waals surface area contributed by atoms with Gasteiger partial charge in [-0.1, -0.05) is 63.1 Å². The summed E-state index contributed by atoms with van der Waals surface area (Å²) >= 11 is 0. The molecule has 0 aliphatic heterocycles. The molecular formula is C30H37NO5S. The summed E-state index contributed by atoms with van der Waals surface area (Å²) in [5.41, 5.74) is 2.92. The first-order valence-electron chi connectivity index (χ1n) is 12.9. The molecule has 0 bridgehead atoms. The van der Waals surface area contributed by atoms with Crippen LogP contribution in [-0.2, 0) is 21.3 Å². The van der Waals surface area contributed by atoms with Crippen molar-refractivity contribution < 1.29 is 22.7 Å². The van der Waals surface area contributed by atoms with Crippen molar-refractivity contribution in [3.05, 3.63) is 89.0 Å². The van der Waals surface area contributed by atoms with Crippen LogP contribution in [0.2, 0.25) is 0 Å². The Kier molecular flexibility index (Phi) is 10.1. The number of nitrogens with zero attached hydrogens (tertiary/aromatic N) is 1. The van der Waals surface area contributed by atoms with Crippen LogP contribution in [-0.4, -0.2) is 27.6 Å². The molecule has 6 nitrogen and oxygen atoms in total. The number of benzene rings is 3. The number of carbonyl (C=O) groups excluding carboxylic acids is 1. The summed E-state index contributed by atoms with van der Waals surface area (Å²) in [7, 11) is -4.04. The number of anilines is 1. The first-order valence-corrected chi connectivity index (χ1v) is 14.3. The molecule has 3 rings (SSSR count). The van der Waals surface area contributed by atoms with E-state index in [-0.39, 0.29) is 23.6 Å². The Hall–Kier alpha value is -3.32. The summed E-state index contributed by atoms with van der Waals surface area (Å²) in [5, 5.41) is 0. The lowest BCUT2D eigenvalue weighted by molar-refractivity contribution is 0.0500. The number of unbranched alkanes of at least 4 members (excludes halogenated alkanes) is 2. The van der Waals surface area contributed by atoms with Gasteiger partial charge in [-0.15, -0.1) is 0 Å². The molecule has 0 aromatic heterocycles. The van der Waals surface area contributed by atoms with Crippen molar-refractivity contribution in [3.63, 3.8) is 0 Å². The highest BCUT2D eigenvalue weighted by molar-refractivity contribution is 7.92.